The molecule has 0 spiro atoms. The zero-order valence-electron chi connectivity index (χ0n) is 13.7. The van der Waals surface area contributed by atoms with Crippen LogP contribution in [0.2, 0.25) is 0 Å². The van der Waals surface area contributed by atoms with Crippen molar-refractivity contribution in [3.05, 3.63) is 64.7 Å². The second kappa shape index (κ2) is 6.36. The predicted molar refractivity (Wildman–Crippen MR) is 98.5 cm³/mol. The summed E-state index contributed by atoms with van der Waals surface area (Å²) in [5, 5.41) is 1.06. The number of thiazole rings is 1. The third-order valence-corrected chi connectivity index (χ3v) is 5.86. The van der Waals surface area contributed by atoms with Crippen LogP contribution in [0.3, 0.4) is 0 Å². The lowest BCUT2D eigenvalue weighted by atomic mass is 10.1. The molecule has 4 rings (SSSR count). The van der Waals surface area contributed by atoms with Gasteiger partial charge in [0, 0.05) is 12.1 Å². The number of amides is 1. The van der Waals surface area contributed by atoms with Gasteiger partial charge in [-0.2, -0.15) is 0 Å². The maximum Gasteiger partial charge on any atom is 0.254 e. The van der Waals surface area contributed by atoms with Crippen LogP contribution >= 0.6 is 11.3 Å². The fourth-order valence-electron chi connectivity index (χ4n) is 3.35. The van der Waals surface area contributed by atoms with Gasteiger partial charge in [-0.25, -0.2) is 4.98 Å². The van der Waals surface area contributed by atoms with Crippen molar-refractivity contribution in [2.75, 3.05) is 6.54 Å². The molecule has 0 radical (unpaired) electrons. The SMILES string of the molecule is CCc1ccc(C(=O)N2CCC[C@@H]2c2nc3ccccc3s2)cc1. The average molecular weight is 336 g/mol. The molecule has 0 aliphatic carbocycles. The smallest absolute Gasteiger partial charge is 0.254 e. The van der Waals surface area contributed by atoms with Gasteiger partial charge in [-0.1, -0.05) is 31.2 Å². The van der Waals surface area contributed by atoms with Crippen molar-refractivity contribution >= 4 is 27.5 Å². The third kappa shape index (κ3) is 2.71. The van der Waals surface area contributed by atoms with E-state index in [0.29, 0.717) is 0 Å². The minimum Gasteiger partial charge on any atom is -0.329 e. The molecule has 0 unspecified atom stereocenters. The summed E-state index contributed by atoms with van der Waals surface area (Å²) in [4.78, 5) is 19.7. The Morgan fingerprint density at radius 1 is 1.21 bits per heavy atom. The number of likely N-dealkylation sites (tertiary alicyclic amines) is 1. The zero-order chi connectivity index (χ0) is 16.5. The van der Waals surface area contributed by atoms with Crippen molar-refractivity contribution in [1.29, 1.82) is 0 Å². The summed E-state index contributed by atoms with van der Waals surface area (Å²) < 4.78 is 1.19. The summed E-state index contributed by atoms with van der Waals surface area (Å²) in [5.74, 6) is 0.124. The first-order valence-electron chi connectivity index (χ1n) is 8.51. The standard InChI is InChI=1S/C20H20N2OS/c1-2-14-9-11-15(12-10-14)20(23)22-13-5-7-17(22)19-21-16-6-3-4-8-18(16)24-19/h3-4,6,8-12,17H,2,5,7,13H2,1H3/t17-/m1/s1. The van der Waals surface area contributed by atoms with Crippen LogP contribution in [0.1, 0.15) is 46.7 Å². The molecule has 4 heteroatoms. The Morgan fingerprint density at radius 3 is 2.75 bits per heavy atom. The number of aryl methyl sites for hydroxylation is 1. The van der Waals surface area contributed by atoms with Crippen molar-refractivity contribution in [3.8, 4) is 0 Å². The average Bonchev–Trinajstić information content (AvgIpc) is 3.27. The fraction of sp³-hybridized carbons (Fsp3) is 0.300. The molecule has 2 aromatic carbocycles. The molecule has 1 aromatic heterocycles. The molecule has 1 amide bonds. The van der Waals surface area contributed by atoms with E-state index in [9.17, 15) is 4.79 Å². The van der Waals surface area contributed by atoms with Crippen LogP contribution < -0.4 is 0 Å². The van der Waals surface area contributed by atoms with Crippen LogP contribution in [-0.4, -0.2) is 22.3 Å². The number of fused-ring (bicyclic) bond motifs is 1. The first-order valence-corrected chi connectivity index (χ1v) is 9.33. The second-order valence-electron chi connectivity index (χ2n) is 6.23. The molecule has 3 nitrogen and oxygen atoms in total. The van der Waals surface area contributed by atoms with E-state index in [1.807, 2.05) is 35.2 Å². The number of aromatic nitrogens is 1. The highest BCUT2D eigenvalue weighted by molar-refractivity contribution is 7.18. The van der Waals surface area contributed by atoms with Crippen molar-refractivity contribution in [3.63, 3.8) is 0 Å². The van der Waals surface area contributed by atoms with Crippen LogP contribution in [0.15, 0.2) is 48.5 Å². The van der Waals surface area contributed by atoms with Crippen molar-refractivity contribution < 1.29 is 4.79 Å². The van der Waals surface area contributed by atoms with Crippen molar-refractivity contribution in [2.24, 2.45) is 0 Å². The zero-order valence-corrected chi connectivity index (χ0v) is 14.6. The summed E-state index contributed by atoms with van der Waals surface area (Å²) in [7, 11) is 0. The number of hydrogen-bond acceptors (Lipinski definition) is 3. The molecule has 1 aliphatic rings. The monoisotopic (exact) mass is 336 g/mol. The van der Waals surface area contributed by atoms with Crippen LogP contribution in [0, 0.1) is 0 Å². The number of hydrogen-bond donors (Lipinski definition) is 0. The van der Waals surface area contributed by atoms with Gasteiger partial charge in [0.1, 0.15) is 5.01 Å². The summed E-state index contributed by atoms with van der Waals surface area (Å²) >= 11 is 1.71. The number of para-hydroxylation sites is 1. The summed E-state index contributed by atoms with van der Waals surface area (Å²) in [6.45, 7) is 2.94. The molecule has 24 heavy (non-hydrogen) atoms. The van der Waals surface area contributed by atoms with Gasteiger partial charge in [-0.15, -0.1) is 11.3 Å². The third-order valence-electron chi connectivity index (χ3n) is 4.72. The van der Waals surface area contributed by atoms with E-state index < -0.39 is 0 Å². The fourth-order valence-corrected chi connectivity index (χ4v) is 4.46. The highest BCUT2D eigenvalue weighted by Crippen LogP contribution is 2.37. The van der Waals surface area contributed by atoms with E-state index in [0.717, 1.165) is 41.9 Å². The summed E-state index contributed by atoms with van der Waals surface area (Å²) in [6.07, 6.45) is 3.03. The molecular weight excluding hydrogens is 316 g/mol. The maximum atomic E-state index is 12.9. The predicted octanol–water partition coefficient (Wildman–Crippen LogP) is 4.84. The van der Waals surface area contributed by atoms with Crippen LogP contribution in [0.4, 0.5) is 0 Å². The number of nitrogens with zero attached hydrogens (tertiary/aromatic N) is 2. The van der Waals surface area contributed by atoms with Crippen LogP contribution in [0.5, 0.6) is 0 Å². The summed E-state index contributed by atoms with van der Waals surface area (Å²) in [5.41, 5.74) is 3.07. The molecule has 1 aliphatic heterocycles. The summed E-state index contributed by atoms with van der Waals surface area (Å²) in [6, 6.07) is 16.3. The first-order chi connectivity index (χ1) is 11.8. The van der Waals surface area contributed by atoms with E-state index in [1.54, 1.807) is 11.3 Å². The molecule has 0 N–H and O–H groups in total. The van der Waals surface area contributed by atoms with Crippen molar-refractivity contribution in [1.82, 2.24) is 9.88 Å². The highest BCUT2D eigenvalue weighted by atomic mass is 32.1. The van der Waals surface area contributed by atoms with E-state index >= 15 is 0 Å². The Labute approximate surface area is 146 Å². The van der Waals surface area contributed by atoms with Gasteiger partial charge in [0.05, 0.1) is 16.3 Å². The maximum absolute atomic E-state index is 12.9. The lowest BCUT2D eigenvalue weighted by Crippen LogP contribution is -2.30. The topological polar surface area (TPSA) is 33.2 Å². The van der Waals surface area contributed by atoms with Gasteiger partial charge in [-0.3, -0.25) is 4.79 Å². The van der Waals surface area contributed by atoms with Crippen LogP contribution in [0.25, 0.3) is 10.2 Å². The molecule has 3 aromatic rings. The lowest BCUT2D eigenvalue weighted by molar-refractivity contribution is 0.0735. The number of rotatable bonds is 3. The Hall–Kier alpha value is -2.20. The molecule has 1 fully saturated rings. The Kier molecular flexibility index (Phi) is 4.07. The number of carbonyl (C=O) groups is 1. The number of benzene rings is 2. The quantitative estimate of drug-likeness (QED) is 0.686. The molecule has 2 heterocycles. The van der Waals surface area contributed by atoms with E-state index in [1.165, 1.54) is 10.3 Å². The molecule has 0 bridgehead atoms. The van der Waals surface area contributed by atoms with Gasteiger partial charge in [0.25, 0.3) is 5.91 Å². The van der Waals surface area contributed by atoms with E-state index in [4.69, 9.17) is 4.98 Å². The second-order valence-corrected chi connectivity index (χ2v) is 7.29. The van der Waals surface area contributed by atoms with Crippen molar-refractivity contribution in [2.45, 2.75) is 32.2 Å². The molecule has 0 saturated carbocycles. The number of carbonyl (C=O) groups excluding carboxylic acids is 1. The van der Waals surface area contributed by atoms with Gasteiger partial charge in [0.15, 0.2) is 0 Å². The Bertz CT molecular complexity index is 836. The Morgan fingerprint density at radius 2 is 2.00 bits per heavy atom. The van der Waals surface area contributed by atoms with Gasteiger partial charge >= 0.3 is 0 Å². The largest absolute Gasteiger partial charge is 0.329 e. The highest BCUT2D eigenvalue weighted by Gasteiger charge is 2.32. The van der Waals surface area contributed by atoms with Gasteiger partial charge < -0.3 is 4.90 Å². The first kappa shape index (κ1) is 15.3. The van der Waals surface area contributed by atoms with E-state index in [-0.39, 0.29) is 11.9 Å². The van der Waals surface area contributed by atoms with Gasteiger partial charge in [0.2, 0.25) is 0 Å². The van der Waals surface area contributed by atoms with Crippen LogP contribution in [-0.2, 0) is 6.42 Å². The molecule has 1 atom stereocenters. The molecular formula is C20H20N2OS. The minimum atomic E-state index is 0.112. The van der Waals surface area contributed by atoms with Gasteiger partial charge in [-0.05, 0) is 49.1 Å². The Balaban J connectivity index is 1.62. The molecule has 1 saturated heterocycles. The lowest BCUT2D eigenvalue weighted by Gasteiger charge is -2.23. The molecule has 122 valence electrons. The van der Waals surface area contributed by atoms with E-state index in [2.05, 4.69) is 25.1 Å². The normalized spacial score (nSPS) is 17.5. The minimum absolute atomic E-state index is 0.112.